The maximum absolute atomic E-state index is 12.9. The largest absolute Gasteiger partial charge is 0.466 e. The number of esters is 1. The molecule has 0 bridgehead atoms. The average Bonchev–Trinajstić information content (AvgIpc) is 3.06. The van der Waals surface area contributed by atoms with Gasteiger partial charge in [-0.15, -0.1) is 0 Å². The van der Waals surface area contributed by atoms with E-state index in [1.165, 1.54) is 4.90 Å². The van der Waals surface area contributed by atoms with Crippen molar-refractivity contribution in [3.63, 3.8) is 0 Å². The van der Waals surface area contributed by atoms with Crippen LogP contribution in [-0.4, -0.2) is 67.2 Å². The first-order valence-corrected chi connectivity index (χ1v) is 9.92. The number of carbonyl (C=O) groups is 3. The van der Waals surface area contributed by atoms with Crippen LogP contribution >= 0.6 is 11.6 Å². The topological polar surface area (TPSA) is 76.2 Å². The molecule has 0 spiro atoms. The number of ether oxygens (including phenoxy) is 2. The van der Waals surface area contributed by atoms with Crippen LogP contribution in [-0.2, 0) is 25.5 Å². The van der Waals surface area contributed by atoms with Gasteiger partial charge in [-0.2, -0.15) is 0 Å². The maximum atomic E-state index is 12.9. The van der Waals surface area contributed by atoms with Crippen molar-refractivity contribution in [3.8, 4) is 0 Å². The predicted octanol–water partition coefficient (Wildman–Crippen LogP) is 2.51. The fourth-order valence-electron chi connectivity index (χ4n) is 3.88. The van der Waals surface area contributed by atoms with Crippen molar-refractivity contribution in [1.29, 1.82) is 0 Å². The molecule has 2 saturated heterocycles. The summed E-state index contributed by atoms with van der Waals surface area (Å²) >= 11 is 6.11. The average molecular weight is 409 g/mol. The summed E-state index contributed by atoms with van der Waals surface area (Å²) in [5.74, 6) is -0.480. The highest BCUT2D eigenvalue weighted by Gasteiger charge is 2.45. The van der Waals surface area contributed by atoms with Crippen LogP contribution in [0.4, 0.5) is 4.79 Å². The van der Waals surface area contributed by atoms with Gasteiger partial charge in [0.2, 0.25) is 5.91 Å². The lowest BCUT2D eigenvalue weighted by molar-refractivity contribution is -0.160. The molecule has 1 atom stereocenters. The zero-order valence-corrected chi connectivity index (χ0v) is 16.7. The molecule has 152 valence electrons. The number of cyclic esters (lactones) is 1. The van der Waals surface area contributed by atoms with Gasteiger partial charge >= 0.3 is 12.1 Å². The van der Waals surface area contributed by atoms with Gasteiger partial charge in [-0.05, 0) is 43.9 Å². The normalized spacial score (nSPS) is 22.1. The Kier molecular flexibility index (Phi) is 6.44. The van der Waals surface area contributed by atoms with Crippen LogP contribution in [0.25, 0.3) is 0 Å². The molecule has 7 nitrogen and oxygen atoms in total. The number of amides is 2. The van der Waals surface area contributed by atoms with Crippen molar-refractivity contribution in [2.24, 2.45) is 5.41 Å². The molecule has 8 heteroatoms. The van der Waals surface area contributed by atoms with E-state index in [1.807, 2.05) is 18.2 Å². The van der Waals surface area contributed by atoms with Crippen molar-refractivity contribution in [2.45, 2.75) is 26.2 Å². The lowest BCUT2D eigenvalue weighted by Gasteiger charge is -2.41. The molecule has 3 rings (SSSR count). The van der Waals surface area contributed by atoms with Crippen LogP contribution in [0.15, 0.2) is 24.3 Å². The number of piperidine rings is 1. The van der Waals surface area contributed by atoms with E-state index < -0.39 is 11.5 Å². The number of carbonyl (C=O) groups excluding carboxylic acids is 3. The lowest BCUT2D eigenvalue weighted by Crippen LogP contribution is -2.53. The number of benzene rings is 1. The molecule has 2 aliphatic rings. The SMILES string of the molecule is CCOC(=O)[C@]1(Cc2cccc(Cl)c2)CCCN(C(=O)CN2CCOC2=O)C1. The second-order valence-electron chi connectivity index (χ2n) is 7.26. The van der Waals surface area contributed by atoms with E-state index in [0.29, 0.717) is 44.0 Å². The lowest BCUT2D eigenvalue weighted by atomic mass is 9.75. The molecular weight excluding hydrogens is 384 g/mol. The van der Waals surface area contributed by atoms with Crippen LogP contribution in [0.2, 0.25) is 5.02 Å². The minimum Gasteiger partial charge on any atom is -0.466 e. The van der Waals surface area contributed by atoms with E-state index in [-0.39, 0.29) is 31.6 Å². The Bertz CT molecular complexity index is 756. The highest BCUT2D eigenvalue weighted by molar-refractivity contribution is 6.30. The van der Waals surface area contributed by atoms with Gasteiger partial charge in [-0.3, -0.25) is 14.5 Å². The van der Waals surface area contributed by atoms with Gasteiger partial charge in [-0.25, -0.2) is 4.79 Å². The van der Waals surface area contributed by atoms with Crippen molar-refractivity contribution < 1.29 is 23.9 Å². The van der Waals surface area contributed by atoms with Gasteiger partial charge in [0.25, 0.3) is 0 Å². The molecule has 2 heterocycles. The fraction of sp³-hybridized carbons (Fsp3) is 0.550. The standard InChI is InChI=1S/C20H25ClN2O5/c1-2-27-18(25)20(12-15-5-3-6-16(21)11-15)7-4-8-23(14-20)17(24)13-22-9-10-28-19(22)26/h3,5-6,11H,2,4,7-10,12-14H2,1H3/t20-/m0/s1. The third-order valence-electron chi connectivity index (χ3n) is 5.24. The molecule has 0 aliphatic carbocycles. The smallest absolute Gasteiger partial charge is 0.410 e. The number of likely N-dealkylation sites (tertiary alicyclic amines) is 1. The van der Waals surface area contributed by atoms with Crippen LogP contribution in [0.3, 0.4) is 0 Å². The van der Waals surface area contributed by atoms with Crippen molar-refractivity contribution in [3.05, 3.63) is 34.9 Å². The summed E-state index contributed by atoms with van der Waals surface area (Å²) in [6, 6.07) is 7.40. The predicted molar refractivity (Wildman–Crippen MR) is 103 cm³/mol. The van der Waals surface area contributed by atoms with Crippen molar-refractivity contribution in [2.75, 3.05) is 39.4 Å². The molecule has 1 aromatic carbocycles. The summed E-state index contributed by atoms with van der Waals surface area (Å²) in [7, 11) is 0. The minimum atomic E-state index is -0.819. The number of hydrogen-bond acceptors (Lipinski definition) is 5. The third kappa shape index (κ3) is 4.58. The monoisotopic (exact) mass is 408 g/mol. The van der Waals surface area contributed by atoms with Crippen molar-refractivity contribution in [1.82, 2.24) is 9.80 Å². The number of nitrogens with zero attached hydrogens (tertiary/aromatic N) is 2. The second kappa shape index (κ2) is 8.82. The van der Waals surface area contributed by atoms with E-state index in [2.05, 4.69) is 0 Å². The van der Waals surface area contributed by atoms with E-state index in [9.17, 15) is 14.4 Å². The summed E-state index contributed by atoms with van der Waals surface area (Å²) in [5, 5.41) is 0.604. The summed E-state index contributed by atoms with van der Waals surface area (Å²) in [6.07, 6.45) is 1.30. The van der Waals surface area contributed by atoms with Gasteiger partial charge in [-0.1, -0.05) is 23.7 Å². The van der Waals surface area contributed by atoms with Gasteiger partial charge in [0.1, 0.15) is 13.2 Å². The first-order chi connectivity index (χ1) is 13.4. The summed E-state index contributed by atoms with van der Waals surface area (Å²) in [4.78, 5) is 40.4. The molecular formula is C20H25ClN2O5. The Morgan fingerprint density at radius 1 is 1.32 bits per heavy atom. The molecule has 0 unspecified atom stereocenters. The first kappa shape index (κ1) is 20.5. The first-order valence-electron chi connectivity index (χ1n) is 9.55. The number of hydrogen-bond donors (Lipinski definition) is 0. The maximum Gasteiger partial charge on any atom is 0.410 e. The zero-order chi connectivity index (χ0) is 20.1. The Morgan fingerprint density at radius 2 is 2.14 bits per heavy atom. The van der Waals surface area contributed by atoms with Crippen molar-refractivity contribution >= 4 is 29.6 Å². The summed E-state index contributed by atoms with van der Waals surface area (Å²) in [6.45, 7) is 3.55. The minimum absolute atomic E-state index is 0.0328. The Morgan fingerprint density at radius 3 is 2.82 bits per heavy atom. The van der Waals surface area contributed by atoms with E-state index >= 15 is 0 Å². The number of rotatable bonds is 6. The summed E-state index contributed by atoms with van der Waals surface area (Å²) in [5.41, 5.74) is 0.109. The highest BCUT2D eigenvalue weighted by atomic mass is 35.5. The molecule has 1 aromatic rings. The van der Waals surface area contributed by atoms with Gasteiger partial charge in [0.05, 0.1) is 18.6 Å². The van der Waals surface area contributed by atoms with Gasteiger partial charge < -0.3 is 14.4 Å². The van der Waals surface area contributed by atoms with E-state index in [0.717, 1.165) is 5.56 Å². The van der Waals surface area contributed by atoms with Crippen LogP contribution in [0, 0.1) is 5.41 Å². The van der Waals surface area contributed by atoms with Gasteiger partial charge in [0, 0.05) is 18.1 Å². The number of halogens is 1. The van der Waals surface area contributed by atoms with Gasteiger partial charge in [0.15, 0.2) is 0 Å². The Labute approximate surface area is 169 Å². The second-order valence-corrected chi connectivity index (χ2v) is 7.70. The molecule has 0 N–H and O–H groups in total. The van der Waals surface area contributed by atoms with Crippen LogP contribution in [0.5, 0.6) is 0 Å². The molecule has 0 radical (unpaired) electrons. The Balaban J connectivity index is 1.77. The van der Waals surface area contributed by atoms with E-state index in [4.69, 9.17) is 21.1 Å². The van der Waals surface area contributed by atoms with Crippen LogP contribution < -0.4 is 0 Å². The molecule has 0 saturated carbocycles. The molecule has 2 fully saturated rings. The third-order valence-corrected chi connectivity index (χ3v) is 5.48. The Hall–Kier alpha value is -2.28. The fourth-order valence-corrected chi connectivity index (χ4v) is 4.10. The quantitative estimate of drug-likeness (QED) is 0.676. The summed E-state index contributed by atoms with van der Waals surface area (Å²) < 4.78 is 10.3. The van der Waals surface area contributed by atoms with E-state index in [1.54, 1.807) is 17.9 Å². The molecule has 0 aromatic heterocycles. The molecule has 28 heavy (non-hydrogen) atoms. The zero-order valence-electron chi connectivity index (χ0n) is 16.0. The van der Waals surface area contributed by atoms with Crippen LogP contribution in [0.1, 0.15) is 25.3 Å². The molecule has 2 aliphatic heterocycles. The highest BCUT2D eigenvalue weighted by Crippen LogP contribution is 2.36. The molecule has 2 amide bonds.